The van der Waals surface area contributed by atoms with Crippen molar-refractivity contribution in [2.75, 3.05) is 12.4 Å². The lowest BCUT2D eigenvalue weighted by atomic mass is 10.2. The van der Waals surface area contributed by atoms with Gasteiger partial charge in [0.25, 0.3) is 0 Å². The van der Waals surface area contributed by atoms with Gasteiger partial charge in [0.15, 0.2) is 0 Å². The van der Waals surface area contributed by atoms with Gasteiger partial charge in [0.05, 0.1) is 19.3 Å². The molecule has 0 saturated heterocycles. The van der Waals surface area contributed by atoms with Crippen LogP contribution in [0.4, 0.5) is 10.5 Å². The fraction of sp³-hybridized carbons (Fsp3) is 0.214. The average molecular weight is 276 g/mol. The van der Waals surface area contributed by atoms with E-state index in [0.717, 1.165) is 10.4 Å². The molecule has 0 radical (unpaired) electrons. The number of anilines is 1. The number of carbonyl (C=O) groups is 1. The number of thiophene rings is 1. The van der Waals surface area contributed by atoms with Gasteiger partial charge in [-0.15, -0.1) is 11.3 Å². The molecule has 1 aromatic carbocycles. The zero-order valence-electron chi connectivity index (χ0n) is 10.9. The van der Waals surface area contributed by atoms with Crippen LogP contribution < -0.4 is 15.4 Å². The smallest absolute Gasteiger partial charge is 0.319 e. The second-order valence-corrected chi connectivity index (χ2v) is 5.12. The molecule has 1 heterocycles. The van der Waals surface area contributed by atoms with Crippen molar-refractivity contribution in [2.45, 2.75) is 13.5 Å². The van der Waals surface area contributed by atoms with Crippen LogP contribution in [0.25, 0.3) is 0 Å². The van der Waals surface area contributed by atoms with Gasteiger partial charge in [0, 0.05) is 4.88 Å². The van der Waals surface area contributed by atoms with Crippen molar-refractivity contribution in [1.29, 1.82) is 0 Å². The maximum Gasteiger partial charge on any atom is 0.319 e. The SMILES string of the molecule is COc1cc(C)ccc1NC(=O)NCc1cccs1. The Kier molecular flexibility index (Phi) is 4.41. The van der Waals surface area contributed by atoms with Crippen LogP contribution in [-0.4, -0.2) is 13.1 Å². The molecule has 4 nitrogen and oxygen atoms in total. The second kappa shape index (κ2) is 6.24. The first-order valence-corrected chi connectivity index (χ1v) is 6.79. The van der Waals surface area contributed by atoms with Gasteiger partial charge in [-0.25, -0.2) is 4.79 Å². The lowest BCUT2D eigenvalue weighted by molar-refractivity contribution is 0.251. The molecule has 2 amide bonds. The van der Waals surface area contributed by atoms with Crippen molar-refractivity contribution in [3.63, 3.8) is 0 Å². The summed E-state index contributed by atoms with van der Waals surface area (Å²) in [6, 6.07) is 9.35. The Morgan fingerprint density at radius 1 is 1.37 bits per heavy atom. The van der Waals surface area contributed by atoms with Crippen LogP contribution in [0.3, 0.4) is 0 Å². The molecule has 0 aliphatic carbocycles. The number of hydrogen-bond donors (Lipinski definition) is 2. The molecule has 0 unspecified atom stereocenters. The quantitative estimate of drug-likeness (QED) is 0.899. The Morgan fingerprint density at radius 2 is 2.21 bits per heavy atom. The van der Waals surface area contributed by atoms with Crippen LogP contribution in [-0.2, 0) is 6.54 Å². The van der Waals surface area contributed by atoms with Crippen molar-refractivity contribution >= 4 is 23.1 Å². The van der Waals surface area contributed by atoms with Crippen molar-refractivity contribution < 1.29 is 9.53 Å². The van der Waals surface area contributed by atoms with Crippen molar-refractivity contribution in [1.82, 2.24) is 5.32 Å². The number of benzene rings is 1. The van der Waals surface area contributed by atoms with Gasteiger partial charge in [0.2, 0.25) is 0 Å². The number of rotatable bonds is 4. The summed E-state index contributed by atoms with van der Waals surface area (Å²) in [7, 11) is 1.59. The van der Waals surface area contributed by atoms with Crippen LogP contribution in [0.15, 0.2) is 35.7 Å². The highest BCUT2D eigenvalue weighted by molar-refractivity contribution is 7.09. The first kappa shape index (κ1) is 13.4. The summed E-state index contributed by atoms with van der Waals surface area (Å²) in [6.45, 7) is 2.50. The van der Waals surface area contributed by atoms with Crippen LogP contribution in [0.2, 0.25) is 0 Å². The van der Waals surface area contributed by atoms with E-state index in [1.165, 1.54) is 0 Å². The van der Waals surface area contributed by atoms with Gasteiger partial charge in [-0.1, -0.05) is 12.1 Å². The molecule has 0 aliphatic heterocycles. The van der Waals surface area contributed by atoms with Gasteiger partial charge in [-0.05, 0) is 36.1 Å². The Bertz CT molecular complexity index is 553. The van der Waals surface area contributed by atoms with E-state index in [0.29, 0.717) is 18.0 Å². The van der Waals surface area contributed by atoms with E-state index >= 15 is 0 Å². The minimum absolute atomic E-state index is 0.240. The van der Waals surface area contributed by atoms with E-state index in [-0.39, 0.29) is 6.03 Å². The maximum atomic E-state index is 11.8. The van der Waals surface area contributed by atoms with Gasteiger partial charge < -0.3 is 15.4 Å². The molecule has 19 heavy (non-hydrogen) atoms. The molecule has 2 rings (SSSR count). The van der Waals surface area contributed by atoms with Crippen LogP contribution >= 0.6 is 11.3 Å². The first-order valence-electron chi connectivity index (χ1n) is 5.91. The summed E-state index contributed by atoms with van der Waals surface area (Å²) in [4.78, 5) is 12.9. The number of carbonyl (C=O) groups excluding carboxylic acids is 1. The Morgan fingerprint density at radius 3 is 2.89 bits per heavy atom. The minimum Gasteiger partial charge on any atom is -0.495 e. The fourth-order valence-corrected chi connectivity index (χ4v) is 2.29. The summed E-state index contributed by atoms with van der Waals surface area (Å²) >= 11 is 1.61. The number of methoxy groups -OCH3 is 1. The first-order chi connectivity index (χ1) is 9.19. The molecule has 0 spiro atoms. The molecule has 2 aromatic rings. The lowest BCUT2D eigenvalue weighted by Gasteiger charge is -2.11. The summed E-state index contributed by atoms with van der Waals surface area (Å²) in [6.07, 6.45) is 0. The number of nitrogens with one attached hydrogen (secondary N) is 2. The number of ether oxygens (including phenoxy) is 1. The Hall–Kier alpha value is -2.01. The third kappa shape index (κ3) is 3.72. The van der Waals surface area contributed by atoms with Gasteiger partial charge in [-0.3, -0.25) is 0 Å². The minimum atomic E-state index is -0.240. The molecule has 0 bridgehead atoms. The van der Waals surface area contributed by atoms with E-state index in [9.17, 15) is 4.79 Å². The van der Waals surface area contributed by atoms with E-state index in [4.69, 9.17) is 4.74 Å². The normalized spacial score (nSPS) is 10.0. The Balaban J connectivity index is 1.95. The van der Waals surface area contributed by atoms with Crippen LogP contribution in [0, 0.1) is 6.92 Å². The highest BCUT2D eigenvalue weighted by Crippen LogP contribution is 2.25. The molecule has 0 atom stereocenters. The van der Waals surface area contributed by atoms with Crippen molar-refractivity contribution in [3.8, 4) is 5.75 Å². The highest BCUT2D eigenvalue weighted by atomic mass is 32.1. The predicted molar refractivity (Wildman–Crippen MR) is 77.9 cm³/mol. The summed E-state index contributed by atoms with van der Waals surface area (Å²) in [5.41, 5.74) is 1.75. The van der Waals surface area contributed by atoms with E-state index in [2.05, 4.69) is 10.6 Å². The molecule has 100 valence electrons. The average Bonchev–Trinajstić information content (AvgIpc) is 2.91. The van der Waals surface area contributed by atoms with Gasteiger partial charge in [0.1, 0.15) is 5.75 Å². The van der Waals surface area contributed by atoms with E-state index in [1.54, 1.807) is 18.4 Å². The molecular weight excluding hydrogens is 260 g/mol. The number of urea groups is 1. The molecule has 2 N–H and O–H groups in total. The summed E-state index contributed by atoms with van der Waals surface area (Å²) in [5.74, 6) is 0.659. The monoisotopic (exact) mass is 276 g/mol. The molecule has 0 fully saturated rings. The highest BCUT2D eigenvalue weighted by Gasteiger charge is 2.07. The zero-order valence-corrected chi connectivity index (χ0v) is 11.7. The standard InChI is InChI=1S/C14H16N2O2S/c1-10-5-6-12(13(8-10)18-2)16-14(17)15-9-11-4-3-7-19-11/h3-8H,9H2,1-2H3,(H2,15,16,17). The molecular formula is C14H16N2O2S. The number of hydrogen-bond acceptors (Lipinski definition) is 3. The van der Waals surface area contributed by atoms with Crippen molar-refractivity contribution in [2.24, 2.45) is 0 Å². The topological polar surface area (TPSA) is 50.4 Å². The van der Waals surface area contributed by atoms with Crippen LogP contribution in [0.1, 0.15) is 10.4 Å². The summed E-state index contributed by atoms with van der Waals surface area (Å²) in [5, 5.41) is 7.57. The molecule has 1 aromatic heterocycles. The van der Waals surface area contributed by atoms with Crippen LogP contribution in [0.5, 0.6) is 5.75 Å². The molecule has 5 heteroatoms. The lowest BCUT2D eigenvalue weighted by Crippen LogP contribution is -2.28. The summed E-state index contributed by atoms with van der Waals surface area (Å²) < 4.78 is 5.24. The van der Waals surface area contributed by atoms with E-state index < -0.39 is 0 Å². The van der Waals surface area contributed by atoms with Gasteiger partial charge in [-0.2, -0.15) is 0 Å². The third-order valence-electron chi connectivity index (χ3n) is 2.61. The zero-order chi connectivity index (χ0) is 13.7. The maximum absolute atomic E-state index is 11.8. The van der Waals surface area contributed by atoms with Crippen molar-refractivity contribution in [3.05, 3.63) is 46.2 Å². The molecule has 0 aliphatic rings. The predicted octanol–water partition coefficient (Wildman–Crippen LogP) is 3.39. The molecule has 0 saturated carbocycles. The van der Waals surface area contributed by atoms with Gasteiger partial charge >= 0.3 is 6.03 Å². The third-order valence-corrected chi connectivity index (χ3v) is 3.48. The van der Waals surface area contributed by atoms with E-state index in [1.807, 2.05) is 42.6 Å². The largest absolute Gasteiger partial charge is 0.495 e. The fourth-order valence-electron chi connectivity index (χ4n) is 1.65. The second-order valence-electron chi connectivity index (χ2n) is 4.09. The number of aryl methyl sites for hydroxylation is 1. The number of amides is 2. The Labute approximate surface area is 116 Å².